The fourth-order valence-electron chi connectivity index (χ4n) is 3.35. The molecular weight excluding hydrogens is 302 g/mol. The molecule has 1 aliphatic carbocycles. The van der Waals surface area contributed by atoms with Gasteiger partial charge in [-0.15, -0.1) is 0 Å². The zero-order valence-corrected chi connectivity index (χ0v) is 15.2. The summed E-state index contributed by atoms with van der Waals surface area (Å²) in [7, 11) is 1.51. The molecule has 0 bridgehead atoms. The van der Waals surface area contributed by atoms with Gasteiger partial charge in [0.25, 0.3) is 0 Å². The Kier molecular flexibility index (Phi) is 4.54. The summed E-state index contributed by atoms with van der Waals surface area (Å²) in [5, 5.41) is 10.2. The highest BCUT2D eigenvalue weighted by atomic mass is 16.6. The molecule has 1 fully saturated rings. The lowest BCUT2D eigenvalue weighted by Crippen LogP contribution is -2.35. The van der Waals surface area contributed by atoms with Gasteiger partial charge in [-0.05, 0) is 51.2 Å². The van der Waals surface area contributed by atoms with E-state index in [1.54, 1.807) is 0 Å². The fourth-order valence-corrected chi connectivity index (χ4v) is 3.35. The summed E-state index contributed by atoms with van der Waals surface area (Å²) < 4.78 is 11.4. The Bertz CT molecular complexity index is 678. The molecule has 2 unspecified atom stereocenters. The van der Waals surface area contributed by atoms with Gasteiger partial charge in [0.2, 0.25) is 5.90 Å². The third-order valence-corrected chi connectivity index (χ3v) is 5.13. The molecular formula is C20H27NO3. The molecule has 2 atom stereocenters. The number of allylic oxidation sites excluding steroid dienone is 2. The largest absolute Gasteiger partial charge is 0.442 e. The lowest BCUT2D eigenvalue weighted by atomic mass is 9.95. The first-order valence-corrected chi connectivity index (χ1v) is 8.60. The van der Waals surface area contributed by atoms with Crippen molar-refractivity contribution < 1.29 is 14.6 Å². The Morgan fingerprint density at radius 3 is 2.38 bits per heavy atom. The molecule has 1 aromatic rings. The second-order valence-electron chi connectivity index (χ2n) is 7.40. The van der Waals surface area contributed by atoms with Crippen molar-refractivity contribution in [3.63, 3.8) is 0 Å². The summed E-state index contributed by atoms with van der Waals surface area (Å²) in [5.74, 6) is 1.11. The van der Waals surface area contributed by atoms with Gasteiger partial charge in [0, 0.05) is 18.2 Å². The van der Waals surface area contributed by atoms with Crippen molar-refractivity contribution in [2.24, 2.45) is 16.3 Å². The van der Waals surface area contributed by atoms with Gasteiger partial charge in [-0.1, -0.05) is 30.7 Å². The molecule has 0 spiro atoms. The molecule has 0 radical (unpaired) electrons. The smallest absolute Gasteiger partial charge is 0.203 e. The number of hydrogen-bond acceptors (Lipinski definition) is 4. The molecule has 4 heteroatoms. The van der Waals surface area contributed by atoms with E-state index >= 15 is 0 Å². The molecule has 130 valence electrons. The molecule has 4 nitrogen and oxygen atoms in total. The number of rotatable bonds is 4. The van der Waals surface area contributed by atoms with Crippen molar-refractivity contribution >= 4 is 5.90 Å². The lowest BCUT2D eigenvalue weighted by Gasteiger charge is -2.28. The SMILES string of the molecule is COC(O)C1CC=C(C2(C)CC2)N=C1Oc1c(C)cc(C)cc1C. The Morgan fingerprint density at radius 1 is 1.21 bits per heavy atom. The van der Waals surface area contributed by atoms with E-state index in [4.69, 9.17) is 14.5 Å². The van der Waals surface area contributed by atoms with E-state index in [2.05, 4.69) is 32.1 Å². The maximum atomic E-state index is 10.2. The van der Waals surface area contributed by atoms with Gasteiger partial charge >= 0.3 is 0 Å². The van der Waals surface area contributed by atoms with Gasteiger partial charge in [-0.25, -0.2) is 4.99 Å². The summed E-state index contributed by atoms with van der Waals surface area (Å²) >= 11 is 0. The van der Waals surface area contributed by atoms with Gasteiger partial charge in [-0.3, -0.25) is 0 Å². The van der Waals surface area contributed by atoms with Crippen LogP contribution in [-0.4, -0.2) is 24.4 Å². The van der Waals surface area contributed by atoms with Crippen molar-refractivity contribution in [1.82, 2.24) is 0 Å². The average molecular weight is 329 g/mol. The number of aliphatic imine (C=N–C) groups is 1. The number of benzene rings is 1. The monoisotopic (exact) mass is 329 g/mol. The molecule has 0 saturated heterocycles. The van der Waals surface area contributed by atoms with Crippen LogP contribution in [-0.2, 0) is 4.74 Å². The molecule has 24 heavy (non-hydrogen) atoms. The van der Waals surface area contributed by atoms with Crippen LogP contribution in [0.5, 0.6) is 5.75 Å². The zero-order valence-electron chi connectivity index (χ0n) is 15.2. The van der Waals surface area contributed by atoms with Crippen molar-refractivity contribution in [3.8, 4) is 5.75 Å². The van der Waals surface area contributed by atoms with Crippen molar-refractivity contribution in [1.29, 1.82) is 0 Å². The minimum Gasteiger partial charge on any atom is -0.442 e. The normalized spacial score (nSPS) is 23.3. The molecule has 3 rings (SSSR count). The number of aliphatic hydroxyl groups excluding tert-OH is 1. The van der Waals surface area contributed by atoms with E-state index < -0.39 is 6.29 Å². The Labute approximate surface area is 144 Å². The highest BCUT2D eigenvalue weighted by molar-refractivity contribution is 5.84. The van der Waals surface area contributed by atoms with E-state index in [0.29, 0.717) is 12.3 Å². The molecule has 1 aromatic carbocycles. The Morgan fingerprint density at radius 2 is 1.83 bits per heavy atom. The summed E-state index contributed by atoms with van der Waals surface area (Å²) in [4.78, 5) is 4.78. The van der Waals surface area contributed by atoms with Crippen molar-refractivity contribution in [3.05, 3.63) is 40.6 Å². The van der Waals surface area contributed by atoms with Crippen molar-refractivity contribution in [2.45, 2.75) is 53.2 Å². The summed E-state index contributed by atoms with van der Waals surface area (Å²) in [5.41, 5.74) is 4.63. The van der Waals surface area contributed by atoms with Gasteiger partial charge in [-0.2, -0.15) is 0 Å². The van der Waals surface area contributed by atoms with Crippen LogP contribution in [0.25, 0.3) is 0 Å². The third-order valence-electron chi connectivity index (χ3n) is 5.13. The highest BCUT2D eigenvalue weighted by Crippen LogP contribution is 2.53. The first kappa shape index (κ1) is 17.2. The Hall–Kier alpha value is -1.65. The predicted octanol–water partition coefficient (Wildman–Crippen LogP) is 4.06. The predicted molar refractivity (Wildman–Crippen MR) is 95.3 cm³/mol. The van der Waals surface area contributed by atoms with Crippen LogP contribution in [0.3, 0.4) is 0 Å². The topological polar surface area (TPSA) is 51.0 Å². The van der Waals surface area contributed by atoms with Crippen LogP contribution in [0.15, 0.2) is 28.9 Å². The Balaban J connectivity index is 1.94. The van der Waals surface area contributed by atoms with Crippen molar-refractivity contribution in [2.75, 3.05) is 7.11 Å². The maximum Gasteiger partial charge on any atom is 0.203 e. The van der Waals surface area contributed by atoms with Gasteiger partial charge < -0.3 is 14.6 Å². The van der Waals surface area contributed by atoms with E-state index in [9.17, 15) is 5.11 Å². The molecule has 1 N–H and O–H groups in total. The zero-order chi connectivity index (χ0) is 17.5. The standard InChI is InChI=1S/C20H27NO3/c1-12-10-13(2)17(14(3)11-12)24-18-15(19(22)23-5)6-7-16(21-18)20(4)8-9-20/h7,10-11,15,19,22H,6,8-9H2,1-5H3. The second kappa shape index (κ2) is 6.34. The minimum absolute atomic E-state index is 0.176. The van der Waals surface area contributed by atoms with Gasteiger partial charge in [0.1, 0.15) is 5.75 Å². The van der Waals surface area contributed by atoms with Gasteiger partial charge in [0.05, 0.1) is 5.92 Å². The molecule has 0 amide bonds. The first-order valence-electron chi connectivity index (χ1n) is 8.60. The minimum atomic E-state index is -0.917. The summed E-state index contributed by atoms with van der Waals surface area (Å²) in [6.45, 7) is 8.39. The highest BCUT2D eigenvalue weighted by Gasteiger charge is 2.43. The van der Waals surface area contributed by atoms with Crippen LogP contribution < -0.4 is 4.74 Å². The van der Waals surface area contributed by atoms with E-state index in [1.807, 2.05) is 13.8 Å². The summed E-state index contributed by atoms with van der Waals surface area (Å²) in [6.07, 6.45) is 4.22. The molecule has 1 heterocycles. The second-order valence-corrected chi connectivity index (χ2v) is 7.40. The number of aliphatic hydroxyl groups is 1. The third kappa shape index (κ3) is 3.26. The number of hydrogen-bond donors (Lipinski definition) is 1. The molecule has 0 aromatic heterocycles. The molecule has 1 saturated carbocycles. The quantitative estimate of drug-likeness (QED) is 0.848. The number of methoxy groups -OCH3 is 1. The van der Waals surface area contributed by atoms with Crippen LogP contribution in [0.1, 0.15) is 42.9 Å². The van der Waals surface area contributed by atoms with Crippen LogP contribution >= 0.6 is 0 Å². The summed E-state index contributed by atoms with van der Waals surface area (Å²) in [6, 6.07) is 4.21. The van der Waals surface area contributed by atoms with E-state index in [-0.39, 0.29) is 11.3 Å². The first-order chi connectivity index (χ1) is 11.3. The van der Waals surface area contributed by atoms with E-state index in [1.165, 1.54) is 12.7 Å². The van der Waals surface area contributed by atoms with Crippen LogP contribution in [0.2, 0.25) is 0 Å². The fraction of sp³-hybridized carbons (Fsp3) is 0.550. The van der Waals surface area contributed by atoms with Crippen LogP contribution in [0.4, 0.5) is 0 Å². The number of ether oxygens (including phenoxy) is 2. The number of aryl methyl sites for hydroxylation is 3. The van der Waals surface area contributed by atoms with E-state index in [0.717, 1.165) is 35.4 Å². The maximum absolute atomic E-state index is 10.2. The molecule has 2 aliphatic rings. The molecule has 1 aliphatic heterocycles. The average Bonchev–Trinajstić information content (AvgIpc) is 3.29. The van der Waals surface area contributed by atoms with Gasteiger partial charge in [0.15, 0.2) is 6.29 Å². The number of nitrogens with zero attached hydrogens (tertiary/aromatic N) is 1. The lowest BCUT2D eigenvalue weighted by molar-refractivity contribution is -0.0975. The van der Waals surface area contributed by atoms with Crippen LogP contribution in [0, 0.1) is 32.1 Å².